The fourth-order valence-electron chi connectivity index (χ4n) is 3.34. The Bertz CT molecular complexity index is 473. The molecule has 6 nitrogen and oxygen atoms in total. The molecule has 1 aromatic rings. The second-order valence-corrected chi connectivity index (χ2v) is 5.54. The number of carbonyl (C=O) groups is 1. The Balaban J connectivity index is 1.61. The number of carbonyl (C=O) groups excluding carboxylic acids is 1. The van der Waals surface area contributed by atoms with Crippen molar-refractivity contribution in [2.75, 3.05) is 13.1 Å². The van der Waals surface area contributed by atoms with Gasteiger partial charge in [0.2, 0.25) is 0 Å². The zero-order valence-electron chi connectivity index (χ0n) is 10.7. The van der Waals surface area contributed by atoms with E-state index in [1.54, 1.807) is 6.07 Å². The van der Waals surface area contributed by atoms with Crippen LogP contribution >= 0.6 is 0 Å². The highest BCUT2D eigenvalue weighted by molar-refractivity contribution is 5.93. The maximum Gasteiger partial charge on any atom is 0.268 e. The average Bonchev–Trinajstić information content (AvgIpc) is 3.08. The summed E-state index contributed by atoms with van der Waals surface area (Å²) in [7, 11) is 0. The van der Waals surface area contributed by atoms with Gasteiger partial charge in [0.25, 0.3) is 5.91 Å². The summed E-state index contributed by atoms with van der Waals surface area (Å²) in [5.74, 6) is 6.50. The fourth-order valence-corrected chi connectivity index (χ4v) is 3.34. The summed E-state index contributed by atoms with van der Waals surface area (Å²) >= 11 is 0. The van der Waals surface area contributed by atoms with Gasteiger partial charge in [0.15, 0.2) is 0 Å². The zero-order chi connectivity index (χ0) is 13.4. The number of amides is 1. The molecule has 0 bridgehead atoms. The van der Waals surface area contributed by atoms with Gasteiger partial charge in [-0.2, -0.15) is 0 Å². The van der Waals surface area contributed by atoms with Crippen molar-refractivity contribution in [2.45, 2.75) is 25.5 Å². The van der Waals surface area contributed by atoms with E-state index in [-0.39, 0.29) is 12.0 Å². The molecule has 0 radical (unpaired) electrons. The van der Waals surface area contributed by atoms with Crippen LogP contribution in [0.5, 0.6) is 0 Å². The van der Waals surface area contributed by atoms with Gasteiger partial charge >= 0.3 is 0 Å². The van der Waals surface area contributed by atoms with Crippen molar-refractivity contribution in [3.05, 3.63) is 23.7 Å². The van der Waals surface area contributed by atoms with E-state index in [4.69, 9.17) is 10.3 Å². The Morgan fingerprint density at radius 2 is 2.37 bits per heavy atom. The monoisotopic (exact) mass is 265 g/mol. The van der Waals surface area contributed by atoms with E-state index < -0.39 is 0 Å². The maximum atomic E-state index is 11.3. The molecule has 4 N–H and O–H groups in total. The summed E-state index contributed by atoms with van der Waals surface area (Å²) in [6, 6.07) is 1.72. The second-order valence-electron chi connectivity index (χ2n) is 5.54. The van der Waals surface area contributed by atoms with E-state index in [2.05, 4.69) is 10.3 Å². The van der Waals surface area contributed by atoms with Crippen LogP contribution in [-0.4, -0.2) is 35.1 Å². The Labute approximate surface area is 111 Å². The van der Waals surface area contributed by atoms with Crippen molar-refractivity contribution in [1.82, 2.24) is 10.3 Å². The standard InChI is InChI=1S/C13H19N3O3/c14-15-13(18)9-3-10(19-7-9)5-16-4-8-1-2-12(17)11(8)6-16/h3,7-8,11-12,17H,1-2,4-6,14H2,(H,15,18). The molecule has 1 aliphatic heterocycles. The van der Waals surface area contributed by atoms with E-state index in [0.717, 1.165) is 31.7 Å². The highest BCUT2D eigenvalue weighted by Gasteiger charge is 2.41. The summed E-state index contributed by atoms with van der Waals surface area (Å²) in [6.07, 6.45) is 3.32. The van der Waals surface area contributed by atoms with Crippen molar-refractivity contribution < 1.29 is 14.3 Å². The van der Waals surface area contributed by atoms with Crippen LogP contribution in [-0.2, 0) is 6.54 Å². The minimum atomic E-state index is -0.344. The summed E-state index contributed by atoms with van der Waals surface area (Å²) in [5, 5.41) is 9.88. The van der Waals surface area contributed by atoms with Gasteiger partial charge < -0.3 is 9.52 Å². The van der Waals surface area contributed by atoms with Crippen molar-refractivity contribution in [2.24, 2.45) is 17.7 Å². The van der Waals surface area contributed by atoms with Gasteiger partial charge in [0.05, 0.1) is 18.2 Å². The number of hydrazine groups is 1. The number of hydrogen-bond donors (Lipinski definition) is 3. The van der Waals surface area contributed by atoms with Crippen molar-refractivity contribution in [1.29, 1.82) is 0 Å². The first kappa shape index (κ1) is 12.7. The Kier molecular flexibility index (Phi) is 3.30. The number of hydrogen-bond acceptors (Lipinski definition) is 5. The number of nitrogens with zero attached hydrogens (tertiary/aromatic N) is 1. The van der Waals surface area contributed by atoms with E-state index in [0.29, 0.717) is 23.9 Å². The number of nitrogen functional groups attached to an aromatic ring is 1. The molecule has 1 aromatic heterocycles. The van der Waals surface area contributed by atoms with Crippen LogP contribution in [0.4, 0.5) is 0 Å². The SMILES string of the molecule is NNC(=O)c1coc(CN2CC3CCC(O)C3C2)c1. The first-order valence-corrected chi connectivity index (χ1v) is 6.66. The van der Waals surface area contributed by atoms with Crippen LogP contribution in [0.2, 0.25) is 0 Å². The molecule has 3 unspecified atom stereocenters. The lowest BCUT2D eigenvalue weighted by atomic mass is 10.00. The molecule has 3 rings (SSSR count). The van der Waals surface area contributed by atoms with Crippen LogP contribution in [0.1, 0.15) is 29.0 Å². The molecule has 6 heteroatoms. The lowest BCUT2D eigenvalue weighted by Gasteiger charge is -2.16. The lowest BCUT2D eigenvalue weighted by Crippen LogP contribution is -2.29. The molecule has 0 aromatic carbocycles. The van der Waals surface area contributed by atoms with Gasteiger partial charge in [-0.25, -0.2) is 5.84 Å². The predicted octanol–water partition coefficient (Wildman–Crippen LogP) is 0.0858. The Morgan fingerprint density at radius 1 is 1.53 bits per heavy atom. The van der Waals surface area contributed by atoms with E-state index in [1.165, 1.54) is 6.26 Å². The van der Waals surface area contributed by atoms with Gasteiger partial charge in [-0.05, 0) is 24.8 Å². The van der Waals surface area contributed by atoms with Gasteiger partial charge in [-0.1, -0.05) is 0 Å². The molecule has 104 valence electrons. The molecule has 1 saturated heterocycles. The number of nitrogens with one attached hydrogen (secondary N) is 1. The first-order valence-electron chi connectivity index (χ1n) is 6.66. The average molecular weight is 265 g/mol. The minimum Gasteiger partial charge on any atom is -0.467 e. The number of aliphatic hydroxyl groups is 1. The molecular weight excluding hydrogens is 246 g/mol. The number of aliphatic hydroxyl groups excluding tert-OH is 1. The summed E-state index contributed by atoms with van der Waals surface area (Å²) < 4.78 is 5.38. The predicted molar refractivity (Wildman–Crippen MR) is 67.9 cm³/mol. The summed E-state index contributed by atoms with van der Waals surface area (Å²) in [6.45, 7) is 2.59. The molecule has 1 aliphatic carbocycles. The summed E-state index contributed by atoms with van der Waals surface area (Å²) in [5.41, 5.74) is 2.52. The van der Waals surface area contributed by atoms with Crippen LogP contribution in [0, 0.1) is 11.8 Å². The first-order chi connectivity index (χ1) is 9.17. The number of furan rings is 1. The quantitative estimate of drug-likeness (QED) is 0.409. The van der Waals surface area contributed by atoms with Gasteiger partial charge in [-0.15, -0.1) is 0 Å². The third-order valence-corrected chi connectivity index (χ3v) is 4.32. The Hall–Kier alpha value is -1.37. The molecule has 2 heterocycles. The number of fused-ring (bicyclic) bond motifs is 1. The van der Waals surface area contributed by atoms with E-state index in [1.807, 2.05) is 0 Å². The normalized spacial score (nSPS) is 30.5. The van der Waals surface area contributed by atoms with Gasteiger partial charge in [0, 0.05) is 19.0 Å². The molecule has 1 saturated carbocycles. The number of nitrogens with two attached hydrogens (primary N) is 1. The van der Waals surface area contributed by atoms with E-state index >= 15 is 0 Å². The second kappa shape index (κ2) is 4.96. The van der Waals surface area contributed by atoms with Crippen molar-refractivity contribution >= 4 is 5.91 Å². The smallest absolute Gasteiger partial charge is 0.268 e. The third-order valence-electron chi connectivity index (χ3n) is 4.32. The maximum absolute atomic E-state index is 11.3. The van der Waals surface area contributed by atoms with Gasteiger partial charge in [-0.3, -0.25) is 15.1 Å². The minimum absolute atomic E-state index is 0.148. The number of rotatable bonds is 3. The summed E-state index contributed by atoms with van der Waals surface area (Å²) in [4.78, 5) is 13.6. The zero-order valence-corrected chi connectivity index (χ0v) is 10.7. The largest absolute Gasteiger partial charge is 0.467 e. The topological polar surface area (TPSA) is 91.7 Å². The van der Waals surface area contributed by atoms with Gasteiger partial charge in [0.1, 0.15) is 12.0 Å². The molecule has 3 atom stereocenters. The molecule has 19 heavy (non-hydrogen) atoms. The molecule has 1 amide bonds. The fraction of sp³-hybridized carbons (Fsp3) is 0.615. The lowest BCUT2D eigenvalue weighted by molar-refractivity contribution is 0.0953. The molecule has 0 spiro atoms. The van der Waals surface area contributed by atoms with Crippen LogP contribution < -0.4 is 11.3 Å². The molecule has 2 aliphatic rings. The molecule has 2 fully saturated rings. The number of likely N-dealkylation sites (tertiary alicyclic amines) is 1. The Morgan fingerprint density at radius 3 is 3.11 bits per heavy atom. The highest BCUT2D eigenvalue weighted by Crippen LogP contribution is 2.38. The van der Waals surface area contributed by atoms with Crippen molar-refractivity contribution in [3.63, 3.8) is 0 Å². The van der Waals surface area contributed by atoms with Crippen molar-refractivity contribution in [3.8, 4) is 0 Å². The molecular formula is C13H19N3O3. The highest BCUT2D eigenvalue weighted by atomic mass is 16.3. The van der Waals surface area contributed by atoms with Crippen LogP contribution in [0.3, 0.4) is 0 Å². The van der Waals surface area contributed by atoms with E-state index in [9.17, 15) is 9.90 Å². The van der Waals surface area contributed by atoms with Crippen LogP contribution in [0.25, 0.3) is 0 Å². The van der Waals surface area contributed by atoms with Crippen LogP contribution in [0.15, 0.2) is 16.7 Å². The third kappa shape index (κ3) is 2.39.